The molecule has 0 unspecified atom stereocenters. The lowest BCUT2D eigenvalue weighted by molar-refractivity contribution is -0.187. The molecule has 1 amide bonds. The summed E-state index contributed by atoms with van der Waals surface area (Å²) in [5.74, 6) is -0.124. The second kappa shape index (κ2) is 7.01. The molecule has 1 spiro atoms. The van der Waals surface area contributed by atoms with Crippen LogP contribution in [-0.4, -0.2) is 57.3 Å². The maximum absolute atomic E-state index is 12.9. The molecule has 1 N–H and O–H groups in total. The Morgan fingerprint density at radius 2 is 2.04 bits per heavy atom. The first-order valence-electron chi connectivity index (χ1n) is 8.36. The molecule has 0 aromatic heterocycles. The Labute approximate surface area is 147 Å². The Balaban J connectivity index is 1.43. The van der Waals surface area contributed by atoms with Crippen molar-refractivity contribution in [3.63, 3.8) is 0 Å². The van der Waals surface area contributed by atoms with Gasteiger partial charge in [-0.2, -0.15) is 0 Å². The quantitative estimate of drug-likeness (QED) is 0.837. The summed E-state index contributed by atoms with van der Waals surface area (Å²) in [7, 11) is -3.18. The smallest absolute Gasteiger partial charge is 0.227 e. The van der Waals surface area contributed by atoms with E-state index in [9.17, 15) is 17.6 Å². The van der Waals surface area contributed by atoms with Crippen LogP contribution >= 0.6 is 0 Å². The second-order valence-electron chi connectivity index (χ2n) is 7.07. The van der Waals surface area contributed by atoms with Crippen molar-refractivity contribution in [3.8, 4) is 0 Å². The summed E-state index contributed by atoms with van der Waals surface area (Å²) in [5.41, 5.74) is 0.517. The molecule has 1 atom stereocenters. The number of rotatable bonds is 5. The van der Waals surface area contributed by atoms with Crippen LogP contribution in [-0.2, 0) is 26.0 Å². The number of ether oxygens (including phenoxy) is 1. The van der Waals surface area contributed by atoms with E-state index < -0.39 is 10.0 Å². The molecule has 2 aliphatic rings. The average Bonchev–Trinajstić information content (AvgIpc) is 2.52. The third-order valence-electron chi connectivity index (χ3n) is 4.85. The number of benzene rings is 1. The molecule has 1 aromatic carbocycles. The summed E-state index contributed by atoms with van der Waals surface area (Å²) < 4.78 is 43.6. The van der Waals surface area contributed by atoms with Gasteiger partial charge in [0.05, 0.1) is 32.4 Å². The zero-order chi connectivity index (χ0) is 18.1. The minimum atomic E-state index is -3.18. The third-order valence-corrected chi connectivity index (χ3v) is 5.54. The highest BCUT2D eigenvalue weighted by Gasteiger charge is 2.48. The van der Waals surface area contributed by atoms with Crippen LogP contribution in [0.1, 0.15) is 18.4 Å². The lowest BCUT2D eigenvalue weighted by Gasteiger charge is -2.52. The van der Waals surface area contributed by atoms with Gasteiger partial charge in [-0.15, -0.1) is 0 Å². The zero-order valence-corrected chi connectivity index (χ0v) is 15.0. The predicted octanol–water partition coefficient (Wildman–Crippen LogP) is 0.925. The summed E-state index contributed by atoms with van der Waals surface area (Å²) in [5, 5.41) is 0. The number of halogens is 1. The summed E-state index contributed by atoms with van der Waals surface area (Å²) in [6.07, 6.45) is 3.11. The van der Waals surface area contributed by atoms with Gasteiger partial charge in [-0.1, -0.05) is 12.1 Å². The normalized spacial score (nSPS) is 22.6. The molecule has 8 heteroatoms. The monoisotopic (exact) mass is 370 g/mol. The Morgan fingerprint density at radius 3 is 2.60 bits per heavy atom. The number of hydrogen-bond acceptors (Lipinski definition) is 4. The van der Waals surface area contributed by atoms with Crippen LogP contribution in [0.5, 0.6) is 0 Å². The van der Waals surface area contributed by atoms with Gasteiger partial charge in [-0.05, 0) is 36.5 Å². The number of carbonyl (C=O) groups is 1. The van der Waals surface area contributed by atoms with Crippen LogP contribution in [0.15, 0.2) is 24.3 Å². The van der Waals surface area contributed by atoms with E-state index in [1.54, 1.807) is 17.0 Å². The molecule has 2 saturated heterocycles. The summed E-state index contributed by atoms with van der Waals surface area (Å²) in [6.45, 7) is 2.03. The SMILES string of the molecule is CS(=O)(=O)NC[C@H]1CCC2(CN(C(=O)Cc3ccc(F)cc3)C2)OC1. The predicted molar refractivity (Wildman–Crippen MR) is 90.9 cm³/mol. The van der Waals surface area contributed by atoms with Crippen LogP contribution in [0, 0.1) is 11.7 Å². The van der Waals surface area contributed by atoms with Gasteiger partial charge < -0.3 is 9.64 Å². The van der Waals surface area contributed by atoms with Crippen molar-refractivity contribution in [2.45, 2.75) is 24.9 Å². The number of likely N-dealkylation sites (tertiary alicyclic amines) is 1. The minimum Gasteiger partial charge on any atom is -0.371 e. The number of carbonyl (C=O) groups excluding carboxylic acids is 1. The van der Waals surface area contributed by atoms with Crippen LogP contribution in [0.4, 0.5) is 4.39 Å². The summed E-state index contributed by atoms with van der Waals surface area (Å²) in [4.78, 5) is 14.0. The van der Waals surface area contributed by atoms with Crippen LogP contribution in [0.25, 0.3) is 0 Å². The molecule has 0 radical (unpaired) electrons. The fourth-order valence-corrected chi connectivity index (χ4v) is 3.85. The van der Waals surface area contributed by atoms with Gasteiger partial charge >= 0.3 is 0 Å². The lowest BCUT2D eigenvalue weighted by Crippen LogP contribution is -2.66. The van der Waals surface area contributed by atoms with Crippen molar-refractivity contribution in [1.29, 1.82) is 0 Å². The molecule has 1 aromatic rings. The first-order chi connectivity index (χ1) is 11.7. The van der Waals surface area contributed by atoms with E-state index in [0.29, 0.717) is 26.2 Å². The van der Waals surface area contributed by atoms with Gasteiger partial charge in [0.25, 0.3) is 0 Å². The molecule has 2 fully saturated rings. The second-order valence-corrected chi connectivity index (χ2v) is 8.91. The molecule has 0 saturated carbocycles. The molecule has 138 valence electrons. The third kappa shape index (κ3) is 4.77. The van der Waals surface area contributed by atoms with Gasteiger partial charge in [0.2, 0.25) is 15.9 Å². The molecule has 0 aliphatic carbocycles. The molecule has 0 bridgehead atoms. The van der Waals surface area contributed by atoms with E-state index in [2.05, 4.69) is 4.72 Å². The van der Waals surface area contributed by atoms with Crippen LogP contribution in [0.2, 0.25) is 0 Å². The molecule has 25 heavy (non-hydrogen) atoms. The largest absolute Gasteiger partial charge is 0.371 e. The molecular formula is C17H23FN2O4S. The lowest BCUT2D eigenvalue weighted by atomic mass is 9.82. The molecule has 2 aliphatic heterocycles. The Bertz CT molecular complexity index is 720. The maximum atomic E-state index is 12.9. The van der Waals surface area contributed by atoms with Gasteiger partial charge in [0, 0.05) is 6.54 Å². The molecule has 3 rings (SSSR count). The van der Waals surface area contributed by atoms with Gasteiger partial charge in [0.1, 0.15) is 11.4 Å². The van der Waals surface area contributed by atoms with Gasteiger partial charge in [0.15, 0.2) is 0 Å². The van der Waals surface area contributed by atoms with Crippen molar-refractivity contribution >= 4 is 15.9 Å². The zero-order valence-electron chi connectivity index (χ0n) is 14.2. The van der Waals surface area contributed by atoms with Crippen LogP contribution in [0.3, 0.4) is 0 Å². The Hall–Kier alpha value is -1.51. The number of hydrogen-bond donors (Lipinski definition) is 1. The number of amides is 1. The fourth-order valence-electron chi connectivity index (χ4n) is 3.31. The molecule has 2 heterocycles. The van der Waals surface area contributed by atoms with Crippen molar-refractivity contribution in [2.24, 2.45) is 5.92 Å². The van der Waals surface area contributed by atoms with Crippen molar-refractivity contribution in [1.82, 2.24) is 9.62 Å². The van der Waals surface area contributed by atoms with Crippen molar-refractivity contribution < 1.29 is 22.3 Å². The van der Waals surface area contributed by atoms with Crippen molar-refractivity contribution in [2.75, 3.05) is 32.5 Å². The standard InChI is InChI=1S/C17H23FN2O4S/c1-25(22,23)19-9-14-6-7-17(24-10-14)11-20(12-17)16(21)8-13-2-4-15(18)5-3-13/h2-5,14,19H,6-12H2,1H3/t14-/m1/s1. The topological polar surface area (TPSA) is 75.7 Å². The van der Waals surface area contributed by atoms with Gasteiger partial charge in [-0.3, -0.25) is 4.79 Å². The minimum absolute atomic E-state index is 0.0155. The first-order valence-corrected chi connectivity index (χ1v) is 10.2. The van der Waals surface area contributed by atoms with Crippen LogP contribution < -0.4 is 4.72 Å². The summed E-state index contributed by atoms with van der Waals surface area (Å²) >= 11 is 0. The van der Waals surface area contributed by atoms with E-state index in [4.69, 9.17) is 4.74 Å². The maximum Gasteiger partial charge on any atom is 0.227 e. The molecular weight excluding hydrogens is 347 g/mol. The summed E-state index contributed by atoms with van der Waals surface area (Å²) in [6, 6.07) is 5.96. The highest BCUT2D eigenvalue weighted by atomic mass is 32.2. The number of nitrogens with one attached hydrogen (secondary N) is 1. The average molecular weight is 370 g/mol. The number of nitrogens with zero attached hydrogens (tertiary/aromatic N) is 1. The Morgan fingerprint density at radius 1 is 1.36 bits per heavy atom. The van der Waals surface area contributed by atoms with E-state index in [1.807, 2.05) is 0 Å². The van der Waals surface area contributed by atoms with E-state index in [1.165, 1.54) is 12.1 Å². The van der Waals surface area contributed by atoms with E-state index >= 15 is 0 Å². The first kappa shape index (κ1) is 18.3. The van der Waals surface area contributed by atoms with E-state index in [-0.39, 0.29) is 29.7 Å². The van der Waals surface area contributed by atoms with Crippen molar-refractivity contribution in [3.05, 3.63) is 35.6 Å². The highest BCUT2D eigenvalue weighted by molar-refractivity contribution is 7.88. The fraction of sp³-hybridized carbons (Fsp3) is 0.588. The highest BCUT2D eigenvalue weighted by Crippen LogP contribution is 2.36. The van der Waals surface area contributed by atoms with Gasteiger partial charge in [-0.25, -0.2) is 17.5 Å². The molecule has 6 nitrogen and oxygen atoms in total. The van der Waals surface area contributed by atoms with E-state index in [0.717, 1.165) is 24.7 Å². The Kier molecular flexibility index (Phi) is 5.13. The number of sulfonamides is 1.